The molecule has 0 heterocycles. The fraction of sp³-hybridized carbons (Fsp3) is 0.412. The van der Waals surface area contributed by atoms with E-state index >= 15 is 0 Å². The highest BCUT2D eigenvalue weighted by Crippen LogP contribution is 2.29. The molecule has 0 saturated heterocycles. The fourth-order valence-electron chi connectivity index (χ4n) is 2.78. The van der Waals surface area contributed by atoms with Gasteiger partial charge in [-0.1, -0.05) is 53.4 Å². The van der Waals surface area contributed by atoms with Crippen LogP contribution in [0, 0.1) is 0 Å². The van der Waals surface area contributed by atoms with E-state index in [0.29, 0.717) is 12.8 Å². The molecule has 0 aromatic heterocycles. The predicted molar refractivity (Wildman–Crippen MR) is 89.2 cm³/mol. The van der Waals surface area contributed by atoms with E-state index in [-0.39, 0.29) is 11.9 Å². The molecule has 0 spiro atoms. The molecule has 0 bridgehead atoms. The highest BCUT2D eigenvalue weighted by Gasteiger charge is 2.41. The highest BCUT2D eigenvalue weighted by molar-refractivity contribution is 9.10. The van der Waals surface area contributed by atoms with Crippen molar-refractivity contribution in [1.82, 2.24) is 5.32 Å². The summed E-state index contributed by atoms with van der Waals surface area (Å²) in [5, 5.41) is 2.86. The molecule has 0 unspecified atom stereocenters. The van der Waals surface area contributed by atoms with E-state index in [4.69, 9.17) is 4.74 Å². The molecule has 118 valence electrons. The predicted octanol–water partition coefficient (Wildman–Crippen LogP) is 3.45. The third-order valence-corrected chi connectivity index (χ3v) is 4.69. The van der Waals surface area contributed by atoms with Gasteiger partial charge in [0.15, 0.2) is 0 Å². The van der Waals surface area contributed by atoms with Gasteiger partial charge in [-0.15, -0.1) is 0 Å². The molecule has 5 heteroatoms. The first-order valence-corrected chi connectivity index (χ1v) is 8.20. The van der Waals surface area contributed by atoms with Crippen LogP contribution >= 0.6 is 15.9 Å². The van der Waals surface area contributed by atoms with Crippen LogP contribution in [0.5, 0.6) is 0 Å². The zero-order chi connectivity index (χ0) is 16.0. The van der Waals surface area contributed by atoms with Crippen LogP contribution in [0.4, 0.5) is 0 Å². The van der Waals surface area contributed by atoms with Crippen molar-refractivity contribution in [3.63, 3.8) is 0 Å². The number of amides is 1. The number of ether oxygens (including phenoxy) is 1. The number of rotatable bonds is 4. The van der Waals surface area contributed by atoms with Gasteiger partial charge in [0.1, 0.15) is 5.54 Å². The summed E-state index contributed by atoms with van der Waals surface area (Å²) in [4.78, 5) is 24.3. The van der Waals surface area contributed by atoms with Crippen molar-refractivity contribution >= 4 is 33.9 Å². The second-order valence-electron chi connectivity index (χ2n) is 5.48. The third kappa shape index (κ3) is 3.97. The standard InChI is InChI=1S/C17H20BrNO3/c1-22-16(21)17(11-5-2-6-12-17)19-15(20)10-9-13-7-3-4-8-14(13)18/h3-4,7-10H,2,5-6,11-12H2,1H3,(H,19,20). The molecule has 1 aromatic carbocycles. The van der Waals surface area contributed by atoms with Crippen molar-refractivity contribution in [3.8, 4) is 0 Å². The molecule has 0 radical (unpaired) electrons. The number of methoxy groups -OCH3 is 1. The zero-order valence-electron chi connectivity index (χ0n) is 12.6. The van der Waals surface area contributed by atoms with Crippen molar-refractivity contribution < 1.29 is 14.3 Å². The zero-order valence-corrected chi connectivity index (χ0v) is 14.2. The summed E-state index contributed by atoms with van der Waals surface area (Å²) >= 11 is 3.43. The molecule has 4 nitrogen and oxygen atoms in total. The van der Waals surface area contributed by atoms with Gasteiger partial charge in [0.2, 0.25) is 5.91 Å². The van der Waals surface area contributed by atoms with E-state index in [9.17, 15) is 9.59 Å². The van der Waals surface area contributed by atoms with E-state index in [1.54, 1.807) is 6.08 Å². The molecule has 0 atom stereocenters. The van der Waals surface area contributed by atoms with Crippen LogP contribution in [0.15, 0.2) is 34.8 Å². The number of nitrogens with one attached hydrogen (secondary N) is 1. The Bertz CT molecular complexity index is 577. The van der Waals surface area contributed by atoms with Gasteiger partial charge < -0.3 is 10.1 Å². The average Bonchev–Trinajstić information content (AvgIpc) is 2.54. The van der Waals surface area contributed by atoms with Crippen molar-refractivity contribution in [2.24, 2.45) is 0 Å². The highest BCUT2D eigenvalue weighted by atomic mass is 79.9. The van der Waals surface area contributed by atoms with E-state index in [2.05, 4.69) is 21.2 Å². The first-order chi connectivity index (χ1) is 10.6. The first kappa shape index (κ1) is 16.7. The summed E-state index contributed by atoms with van der Waals surface area (Å²) in [6.45, 7) is 0. The molecule has 2 rings (SSSR count). The van der Waals surface area contributed by atoms with Crippen LogP contribution in [0.1, 0.15) is 37.7 Å². The minimum Gasteiger partial charge on any atom is -0.467 e. The summed E-state index contributed by atoms with van der Waals surface area (Å²) in [6.07, 6.45) is 7.38. The second-order valence-corrected chi connectivity index (χ2v) is 6.33. The van der Waals surface area contributed by atoms with Crippen LogP contribution in [0.3, 0.4) is 0 Å². The molecule has 1 N–H and O–H groups in total. The minimum absolute atomic E-state index is 0.275. The van der Waals surface area contributed by atoms with E-state index < -0.39 is 5.54 Å². The summed E-state index contributed by atoms with van der Waals surface area (Å²) in [6, 6.07) is 7.63. The van der Waals surface area contributed by atoms with Gasteiger partial charge in [-0.2, -0.15) is 0 Å². The summed E-state index contributed by atoms with van der Waals surface area (Å²) in [5.74, 6) is -0.627. The number of hydrogen-bond donors (Lipinski definition) is 1. The largest absolute Gasteiger partial charge is 0.467 e. The molecular formula is C17H20BrNO3. The van der Waals surface area contributed by atoms with Crippen LogP contribution in [-0.4, -0.2) is 24.5 Å². The third-order valence-electron chi connectivity index (χ3n) is 3.97. The lowest BCUT2D eigenvalue weighted by molar-refractivity contribution is -0.152. The van der Waals surface area contributed by atoms with Gasteiger partial charge in [-0.05, 0) is 30.5 Å². The van der Waals surface area contributed by atoms with Gasteiger partial charge in [-0.3, -0.25) is 4.79 Å². The van der Waals surface area contributed by atoms with E-state index in [1.165, 1.54) is 13.2 Å². The van der Waals surface area contributed by atoms with E-state index in [0.717, 1.165) is 29.3 Å². The number of carbonyl (C=O) groups is 2. The molecule has 1 aromatic rings. The maximum absolute atomic E-state index is 12.2. The Morgan fingerprint density at radius 3 is 2.55 bits per heavy atom. The first-order valence-electron chi connectivity index (χ1n) is 7.40. The molecule has 1 fully saturated rings. The normalized spacial score (nSPS) is 17.2. The lowest BCUT2D eigenvalue weighted by Crippen LogP contribution is -2.55. The molecule has 1 amide bonds. The summed E-state index contributed by atoms with van der Waals surface area (Å²) in [5.41, 5.74) is 0.0379. The van der Waals surface area contributed by atoms with Crippen LogP contribution in [-0.2, 0) is 14.3 Å². The number of esters is 1. The SMILES string of the molecule is COC(=O)C1(NC(=O)C=Cc2ccccc2Br)CCCCC1. The Morgan fingerprint density at radius 2 is 1.91 bits per heavy atom. The van der Waals surface area contributed by atoms with Gasteiger partial charge in [0.05, 0.1) is 7.11 Å². The quantitative estimate of drug-likeness (QED) is 0.656. The van der Waals surface area contributed by atoms with Crippen LogP contribution in [0.25, 0.3) is 6.08 Å². The lowest BCUT2D eigenvalue weighted by Gasteiger charge is -2.34. The van der Waals surface area contributed by atoms with Gasteiger partial charge >= 0.3 is 5.97 Å². The topological polar surface area (TPSA) is 55.4 Å². The number of carbonyl (C=O) groups excluding carboxylic acids is 2. The van der Waals surface area contributed by atoms with Crippen molar-refractivity contribution in [2.45, 2.75) is 37.6 Å². The van der Waals surface area contributed by atoms with Crippen LogP contribution in [0.2, 0.25) is 0 Å². The molecule has 1 aliphatic rings. The average molecular weight is 366 g/mol. The van der Waals surface area contributed by atoms with Gasteiger partial charge in [0.25, 0.3) is 0 Å². The molecule has 1 saturated carbocycles. The Labute approximate surface area is 139 Å². The van der Waals surface area contributed by atoms with Gasteiger partial charge in [0, 0.05) is 10.5 Å². The molecule has 22 heavy (non-hydrogen) atoms. The van der Waals surface area contributed by atoms with Crippen molar-refractivity contribution in [3.05, 3.63) is 40.4 Å². The van der Waals surface area contributed by atoms with E-state index in [1.807, 2.05) is 24.3 Å². The summed E-state index contributed by atoms with van der Waals surface area (Å²) < 4.78 is 5.81. The second kappa shape index (κ2) is 7.58. The van der Waals surface area contributed by atoms with Crippen molar-refractivity contribution in [2.75, 3.05) is 7.11 Å². The molecule has 1 aliphatic carbocycles. The molecule has 0 aliphatic heterocycles. The Morgan fingerprint density at radius 1 is 1.23 bits per heavy atom. The fourth-order valence-corrected chi connectivity index (χ4v) is 3.20. The Hall–Kier alpha value is -1.62. The minimum atomic E-state index is -0.873. The molecular weight excluding hydrogens is 346 g/mol. The van der Waals surface area contributed by atoms with Gasteiger partial charge in [-0.25, -0.2) is 4.79 Å². The number of benzene rings is 1. The van der Waals surface area contributed by atoms with Crippen molar-refractivity contribution in [1.29, 1.82) is 0 Å². The monoisotopic (exact) mass is 365 g/mol. The maximum Gasteiger partial charge on any atom is 0.331 e. The number of hydrogen-bond acceptors (Lipinski definition) is 3. The van der Waals surface area contributed by atoms with Crippen LogP contribution < -0.4 is 5.32 Å². The smallest absolute Gasteiger partial charge is 0.331 e. The summed E-state index contributed by atoms with van der Waals surface area (Å²) in [7, 11) is 1.36. The lowest BCUT2D eigenvalue weighted by atomic mass is 9.81. The maximum atomic E-state index is 12.2. The Balaban J connectivity index is 2.08. The number of halogens is 1. The Kier molecular flexibility index (Phi) is 5.77.